The lowest BCUT2D eigenvalue weighted by atomic mass is 10.2. The van der Waals surface area contributed by atoms with Crippen molar-refractivity contribution >= 4 is 35.1 Å². The Balaban J connectivity index is 2.56. The minimum atomic E-state index is -0.965. The molecular formula is C13H16Cl2N2O3. The van der Waals surface area contributed by atoms with Crippen LogP contribution in [0.2, 0.25) is 10.0 Å². The van der Waals surface area contributed by atoms with Crippen LogP contribution in [0.3, 0.4) is 0 Å². The molecule has 0 unspecified atom stereocenters. The highest BCUT2D eigenvalue weighted by atomic mass is 35.5. The predicted octanol–water partition coefficient (Wildman–Crippen LogP) is 1.97. The third-order valence-corrected chi connectivity index (χ3v) is 3.38. The van der Waals surface area contributed by atoms with Crippen LogP contribution in [0.5, 0.6) is 0 Å². The second-order valence-corrected chi connectivity index (χ2v) is 5.38. The third kappa shape index (κ3) is 5.36. The maximum absolute atomic E-state index is 11.9. The fraction of sp³-hybridized carbons (Fsp3) is 0.385. The van der Waals surface area contributed by atoms with Crippen molar-refractivity contribution in [2.24, 2.45) is 0 Å². The number of carbonyl (C=O) groups excluding carboxylic acids is 1. The molecule has 0 heterocycles. The quantitative estimate of drug-likeness (QED) is 0.871. The zero-order valence-electron chi connectivity index (χ0n) is 11.3. The highest BCUT2D eigenvalue weighted by Crippen LogP contribution is 2.23. The van der Waals surface area contributed by atoms with E-state index in [2.05, 4.69) is 0 Å². The van der Waals surface area contributed by atoms with E-state index in [9.17, 15) is 9.59 Å². The molecule has 1 N–H and O–H groups in total. The number of hydrogen-bond acceptors (Lipinski definition) is 3. The van der Waals surface area contributed by atoms with E-state index < -0.39 is 5.97 Å². The zero-order valence-corrected chi connectivity index (χ0v) is 12.8. The molecule has 1 rings (SSSR count). The molecule has 7 heteroatoms. The molecule has 0 aliphatic heterocycles. The van der Waals surface area contributed by atoms with Crippen LogP contribution in [-0.4, -0.2) is 54.0 Å². The van der Waals surface area contributed by atoms with Crippen LogP contribution in [0.4, 0.5) is 0 Å². The van der Waals surface area contributed by atoms with E-state index in [0.29, 0.717) is 16.6 Å². The van der Waals surface area contributed by atoms with Gasteiger partial charge in [0.15, 0.2) is 0 Å². The van der Waals surface area contributed by atoms with E-state index >= 15 is 0 Å². The Labute approximate surface area is 127 Å². The van der Waals surface area contributed by atoms with Crippen molar-refractivity contribution in [3.63, 3.8) is 0 Å². The SMILES string of the molecule is CN(CC(=O)O)CC(=O)N(C)Cc1ccc(Cl)c(Cl)c1. The fourth-order valence-corrected chi connectivity index (χ4v) is 1.96. The van der Waals surface area contributed by atoms with Crippen molar-refractivity contribution in [2.45, 2.75) is 6.54 Å². The number of aliphatic carboxylic acids is 1. The lowest BCUT2D eigenvalue weighted by Crippen LogP contribution is -2.38. The van der Waals surface area contributed by atoms with Crippen molar-refractivity contribution in [1.29, 1.82) is 0 Å². The Bertz CT molecular complexity index is 508. The second kappa shape index (κ2) is 7.47. The van der Waals surface area contributed by atoms with Crippen LogP contribution < -0.4 is 0 Å². The molecule has 0 aliphatic rings. The number of carbonyl (C=O) groups is 2. The maximum Gasteiger partial charge on any atom is 0.317 e. The highest BCUT2D eigenvalue weighted by Gasteiger charge is 2.14. The number of benzene rings is 1. The summed E-state index contributed by atoms with van der Waals surface area (Å²) in [5.41, 5.74) is 0.858. The van der Waals surface area contributed by atoms with E-state index in [4.69, 9.17) is 28.3 Å². The van der Waals surface area contributed by atoms with Crippen LogP contribution in [0.25, 0.3) is 0 Å². The predicted molar refractivity (Wildman–Crippen MR) is 78.1 cm³/mol. The molecule has 0 radical (unpaired) electrons. The van der Waals surface area contributed by atoms with Crippen molar-refractivity contribution in [1.82, 2.24) is 9.80 Å². The molecule has 0 saturated heterocycles. The highest BCUT2D eigenvalue weighted by molar-refractivity contribution is 6.42. The molecule has 0 aliphatic carbocycles. The topological polar surface area (TPSA) is 60.9 Å². The largest absolute Gasteiger partial charge is 0.480 e. The van der Waals surface area contributed by atoms with Gasteiger partial charge in [-0.05, 0) is 24.7 Å². The summed E-state index contributed by atoms with van der Waals surface area (Å²) in [7, 11) is 3.23. The first-order valence-electron chi connectivity index (χ1n) is 5.88. The number of rotatable bonds is 6. The summed E-state index contributed by atoms with van der Waals surface area (Å²) >= 11 is 11.7. The van der Waals surface area contributed by atoms with Crippen LogP contribution in [0.1, 0.15) is 5.56 Å². The fourth-order valence-electron chi connectivity index (χ4n) is 1.64. The number of amides is 1. The monoisotopic (exact) mass is 318 g/mol. The maximum atomic E-state index is 11.9. The van der Waals surface area contributed by atoms with Gasteiger partial charge in [0.2, 0.25) is 5.91 Å². The van der Waals surface area contributed by atoms with Gasteiger partial charge in [0.25, 0.3) is 0 Å². The summed E-state index contributed by atoms with van der Waals surface area (Å²) in [5.74, 6) is -1.13. The molecule has 0 aromatic heterocycles. The molecule has 0 spiro atoms. The average molecular weight is 319 g/mol. The van der Waals surface area contributed by atoms with E-state index in [1.54, 1.807) is 32.3 Å². The van der Waals surface area contributed by atoms with E-state index in [1.807, 2.05) is 0 Å². The van der Waals surface area contributed by atoms with Gasteiger partial charge in [-0.3, -0.25) is 14.5 Å². The molecule has 0 bridgehead atoms. The van der Waals surface area contributed by atoms with Gasteiger partial charge in [0, 0.05) is 13.6 Å². The smallest absolute Gasteiger partial charge is 0.317 e. The molecule has 20 heavy (non-hydrogen) atoms. The third-order valence-electron chi connectivity index (χ3n) is 2.64. The molecule has 1 amide bonds. The van der Waals surface area contributed by atoms with E-state index in [-0.39, 0.29) is 19.0 Å². The Morgan fingerprint density at radius 1 is 1.15 bits per heavy atom. The number of carboxylic acids is 1. The molecule has 1 aromatic rings. The summed E-state index contributed by atoms with van der Waals surface area (Å²) in [5, 5.41) is 9.53. The van der Waals surface area contributed by atoms with E-state index in [1.165, 1.54) is 9.80 Å². The van der Waals surface area contributed by atoms with Crippen molar-refractivity contribution < 1.29 is 14.7 Å². The Morgan fingerprint density at radius 2 is 1.80 bits per heavy atom. The van der Waals surface area contributed by atoms with Gasteiger partial charge in [-0.1, -0.05) is 29.3 Å². The molecule has 0 fully saturated rings. The summed E-state index contributed by atoms with van der Waals surface area (Å²) in [6, 6.07) is 5.17. The van der Waals surface area contributed by atoms with Crippen molar-refractivity contribution in [3.8, 4) is 0 Å². The van der Waals surface area contributed by atoms with Crippen molar-refractivity contribution in [2.75, 3.05) is 27.2 Å². The van der Waals surface area contributed by atoms with Gasteiger partial charge in [-0.25, -0.2) is 0 Å². The Morgan fingerprint density at radius 3 is 2.35 bits per heavy atom. The van der Waals surface area contributed by atoms with Gasteiger partial charge >= 0.3 is 5.97 Å². The first-order valence-corrected chi connectivity index (χ1v) is 6.63. The zero-order chi connectivity index (χ0) is 15.3. The molecule has 1 aromatic carbocycles. The first kappa shape index (κ1) is 16.8. The van der Waals surface area contributed by atoms with Gasteiger partial charge in [0.1, 0.15) is 0 Å². The summed E-state index contributed by atoms with van der Waals surface area (Å²) in [6.07, 6.45) is 0. The summed E-state index contributed by atoms with van der Waals surface area (Å²) in [6.45, 7) is 0.257. The van der Waals surface area contributed by atoms with Crippen LogP contribution >= 0.6 is 23.2 Å². The number of halogens is 2. The molecule has 0 saturated carbocycles. The normalized spacial score (nSPS) is 10.7. The van der Waals surface area contributed by atoms with Crippen LogP contribution in [0, 0.1) is 0 Å². The lowest BCUT2D eigenvalue weighted by molar-refractivity contribution is -0.139. The van der Waals surface area contributed by atoms with Gasteiger partial charge in [-0.15, -0.1) is 0 Å². The molecular weight excluding hydrogens is 303 g/mol. The summed E-state index contributed by atoms with van der Waals surface area (Å²) < 4.78 is 0. The Hall–Kier alpha value is -1.30. The molecule has 5 nitrogen and oxygen atoms in total. The lowest BCUT2D eigenvalue weighted by Gasteiger charge is -2.21. The minimum absolute atomic E-state index is 0.0458. The van der Waals surface area contributed by atoms with Gasteiger partial charge in [-0.2, -0.15) is 0 Å². The van der Waals surface area contributed by atoms with Crippen molar-refractivity contribution in [3.05, 3.63) is 33.8 Å². The van der Waals surface area contributed by atoms with Gasteiger partial charge in [0.05, 0.1) is 23.1 Å². The Kier molecular flexibility index (Phi) is 6.26. The second-order valence-electron chi connectivity index (χ2n) is 4.56. The van der Waals surface area contributed by atoms with E-state index in [0.717, 1.165) is 5.56 Å². The van der Waals surface area contributed by atoms with Gasteiger partial charge < -0.3 is 10.0 Å². The number of nitrogens with zero attached hydrogens (tertiary/aromatic N) is 2. The molecule has 0 atom stereocenters. The molecule has 110 valence electrons. The number of hydrogen-bond donors (Lipinski definition) is 1. The summed E-state index contributed by atoms with van der Waals surface area (Å²) in [4.78, 5) is 25.4. The first-order chi connectivity index (χ1) is 9.29. The van der Waals surface area contributed by atoms with Crippen LogP contribution in [0.15, 0.2) is 18.2 Å². The number of carboxylic acid groups (broad SMARTS) is 1. The average Bonchev–Trinajstić information content (AvgIpc) is 2.32. The minimum Gasteiger partial charge on any atom is -0.480 e. The number of likely N-dealkylation sites (N-methyl/N-ethyl adjacent to an activating group) is 2. The standard InChI is InChI=1S/C13H16Cl2N2O3/c1-16(8-13(19)20)7-12(18)17(2)6-9-3-4-10(14)11(15)5-9/h3-5H,6-8H2,1-2H3,(H,19,20). The van der Waals surface area contributed by atoms with Crippen LogP contribution in [-0.2, 0) is 16.1 Å².